The minimum absolute atomic E-state index is 0.0611. The molecule has 9 nitrogen and oxygen atoms in total. The highest BCUT2D eigenvalue weighted by molar-refractivity contribution is 6.31. The van der Waals surface area contributed by atoms with Crippen LogP contribution in [0.5, 0.6) is 0 Å². The molecule has 2 heterocycles. The lowest BCUT2D eigenvalue weighted by Gasteiger charge is -2.09. The predicted molar refractivity (Wildman–Crippen MR) is 98.5 cm³/mol. The van der Waals surface area contributed by atoms with Gasteiger partial charge in [0.1, 0.15) is 12.2 Å². The first kappa shape index (κ1) is 18.2. The van der Waals surface area contributed by atoms with Gasteiger partial charge in [-0.2, -0.15) is 5.10 Å². The summed E-state index contributed by atoms with van der Waals surface area (Å²) < 4.78 is 0.966. The van der Waals surface area contributed by atoms with Crippen molar-refractivity contribution in [3.05, 3.63) is 80.3 Å². The molecular weight excluding hydrogens is 374 g/mol. The normalized spacial score (nSPS) is 10.4. The maximum Gasteiger partial charge on any atom is 0.292 e. The summed E-state index contributed by atoms with van der Waals surface area (Å²) >= 11 is 5.83. The van der Waals surface area contributed by atoms with Crippen molar-refractivity contribution in [2.45, 2.75) is 6.54 Å². The van der Waals surface area contributed by atoms with Gasteiger partial charge in [-0.15, -0.1) is 0 Å². The van der Waals surface area contributed by atoms with Gasteiger partial charge in [0.15, 0.2) is 0 Å². The molecule has 3 rings (SSSR count). The fraction of sp³-hybridized carbons (Fsp3) is 0.0588. The summed E-state index contributed by atoms with van der Waals surface area (Å²) in [5.41, 5.74) is 0.283. The summed E-state index contributed by atoms with van der Waals surface area (Å²) in [4.78, 5) is 38.7. The molecule has 2 aromatic heterocycles. The lowest BCUT2D eigenvalue weighted by atomic mass is 10.2. The first-order valence-corrected chi connectivity index (χ1v) is 8.04. The van der Waals surface area contributed by atoms with Gasteiger partial charge in [0.05, 0.1) is 10.6 Å². The Morgan fingerprint density at radius 3 is 2.78 bits per heavy atom. The number of carbonyl (C=O) groups is 1. The van der Waals surface area contributed by atoms with E-state index in [2.05, 4.69) is 15.4 Å². The van der Waals surface area contributed by atoms with Crippen molar-refractivity contribution in [3.8, 4) is 11.3 Å². The fourth-order valence-electron chi connectivity index (χ4n) is 2.32. The Morgan fingerprint density at radius 2 is 2.07 bits per heavy atom. The molecule has 0 aliphatic carbocycles. The summed E-state index contributed by atoms with van der Waals surface area (Å²) in [5.74, 6) is -0.654. The van der Waals surface area contributed by atoms with Crippen molar-refractivity contribution in [1.82, 2.24) is 14.8 Å². The van der Waals surface area contributed by atoms with E-state index in [1.165, 1.54) is 30.3 Å². The van der Waals surface area contributed by atoms with Crippen LogP contribution in [0.1, 0.15) is 0 Å². The highest BCUT2D eigenvalue weighted by Gasteiger charge is 2.17. The number of pyridine rings is 1. The van der Waals surface area contributed by atoms with Crippen LogP contribution in [-0.4, -0.2) is 25.6 Å². The van der Waals surface area contributed by atoms with Crippen LogP contribution in [0.2, 0.25) is 5.02 Å². The summed E-state index contributed by atoms with van der Waals surface area (Å²) in [6.07, 6.45) is 3.18. The average Bonchev–Trinajstić information content (AvgIpc) is 2.64. The predicted octanol–water partition coefficient (Wildman–Crippen LogP) is 2.51. The molecule has 1 amide bonds. The van der Waals surface area contributed by atoms with Crippen LogP contribution in [0.3, 0.4) is 0 Å². The average molecular weight is 386 g/mol. The quantitative estimate of drug-likeness (QED) is 0.532. The maximum absolute atomic E-state index is 12.3. The molecule has 1 aromatic carbocycles. The minimum Gasteiger partial charge on any atom is -0.319 e. The number of nitrogens with one attached hydrogen (secondary N) is 1. The number of rotatable bonds is 5. The van der Waals surface area contributed by atoms with Crippen LogP contribution in [0.25, 0.3) is 11.3 Å². The first-order chi connectivity index (χ1) is 12.9. The third-order valence-corrected chi connectivity index (χ3v) is 3.78. The number of benzene rings is 1. The molecule has 0 spiro atoms. The van der Waals surface area contributed by atoms with Crippen molar-refractivity contribution in [2.75, 3.05) is 5.32 Å². The molecule has 0 unspecified atom stereocenters. The first-order valence-electron chi connectivity index (χ1n) is 7.66. The number of nitro groups is 1. The molecule has 0 aliphatic heterocycles. The van der Waals surface area contributed by atoms with E-state index in [9.17, 15) is 19.7 Å². The van der Waals surface area contributed by atoms with E-state index in [0.717, 1.165) is 4.68 Å². The Morgan fingerprint density at radius 1 is 1.26 bits per heavy atom. The van der Waals surface area contributed by atoms with Gasteiger partial charge in [0.2, 0.25) is 5.91 Å². The zero-order valence-electron chi connectivity index (χ0n) is 13.7. The van der Waals surface area contributed by atoms with Crippen LogP contribution in [0.15, 0.2) is 59.7 Å². The monoisotopic (exact) mass is 385 g/mol. The Kier molecular flexibility index (Phi) is 5.23. The molecule has 1 N–H and O–H groups in total. The summed E-state index contributed by atoms with van der Waals surface area (Å²) in [6.45, 7) is -0.420. The molecular formula is C17H12ClN5O4. The highest BCUT2D eigenvalue weighted by atomic mass is 35.5. The van der Waals surface area contributed by atoms with Gasteiger partial charge in [-0.05, 0) is 30.3 Å². The van der Waals surface area contributed by atoms with Crippen LogP contribution >= 0.6 is 11.6 Å². The summed E-state index contributed by atoms with van der Waals surface area (Å²) in [7, 11) is 0. The van der Waals surface area contributed by atoms with E-state index in [1.54, 1.807) is 24.5 Å². The summed E-state index contributed by atoms with van der Waals surface area (Å²) in [6, 6.07) is 10.1. The zero-order valence-corrected chi connectivity index (χ0v) is 14.5. The van der Waals surface area contributed by atoms with Crippen molar-refractivity contribution in [3.63, 3.8) is 0 Å². The molecule has 0 atom stereocenters. The number of nitro benzene ring substituents is 1. The van der Waals surface area contributed by atoms with E-state index in [0.29, 0.717) is 11.3 Å². The van der Waals surface area contributed by atoms with E-state index in [-0.39, 0.29) is 16.4 Å². The summed E-state index contributed by atoms with van der Waals surface area (Å²) in [5, 5.41) is 17.8. The minimum atomic E-state index is -0.654. The van der Waals surface area contributed by atoms with Gasteiger partial charge < -0.3 is 5.32 Å². The molecule has 27 heavy (non-hydrogen) atoms. The number of anilines is 1. The van der Waals surface area contributed by atoms with E-state index in [1.807, 2.05) is 0 Å². The largest absolute Gasteiger partial charge is 0.319 e. The van der Waals surface area contributed by atoms with Crippen molar-refractivity contribution in [1.29, 1.82) is 0 Å². The lowest BCUT2D eigenvalue weighted by molar-refractivity contribution is -0.383. The Balaban J connectivity index is 1.84. The number of hydrogen-bond donors (Lipinski definition) is 1. The molecule has 0 saturated heterocycles. The zero-order chi connectivity index (χ0) is 19.4. The lowest BCUT2D eigenvalue weighted by Crippen LogP contribution is -2.29. The highest BCUT2D eigenvalue weighted by Crippen LogP contribution is 2.27. The van der Waals surface area contributed by atoms with Crippen LogP contribution in [-0.2, 0) is 11.3 Å². The molecule has 0 saturated carbocycles. The van der Waals surface area contributed by atoms with Gasteiger partial charge in [-0.25, -0.2) is 4.68 Å². The fourth-order valence-corrected chi connectivity index (χ4v) is 2.50. The third-order valence-electron chi connectivity index (χ3n) is 3.55. The van der Waals surface area contributed by atoms with Crippen LogP contribution < -0.4 is 10.9 Å². The third kappa shape index (κ3) is 4.33. The second kappa shape index (κ2) is 7.75. The van der Waals surface area contributed by atoms with Gasteiger partial charge in [-0.3, -0.25) is 24.7 Å². The Bertz CT molecular complexity index is 1070. The molecule has 0 bridgehead atoms. The number of halogens is 1. The van der Waals surface area contributed by atoms with Gasteiger partial charge in [0, 0.05) is 35.1 Å². The van der Waals surface area contributed by atoms with Crippen LogP contribution in [0.4, 0.5) is 11.4 Å². The van der Waals surface area contributed by atoms with Crippen LogP contribution in [0, 0.1) is 10.1 Å². The van der Waals surface area contributed by atoms with Crippen molar-refractivity contribution in [2.24, 2.45) is 0 Å². The second-order valence-electron chi connectivity index (χ2n) is 5.42. The van der Waals surface area contributed by atoms with Crippen molar-refractivity contribution >= 4 is 28.9 Å². The van der Waals surface area contributed by atoms with E-state index in [4.69, 9.17) is 11.6 Å². The van der Waals surface area contributed by atoms with Gasteiger partial charge in [0.25, 0.3) is 11.2 Å². The van der Waals surface area contributed by atoms with E-state index < -0.39 is 22.9 Å². The number of amides is 1. The second-order valence-corrected chi connectivity index (χ2v) is 5.86. The number of carbonyl (C=O) groups excluding carboxylic acids is 1. The molecule has 136 valence electrons. The SMILES string of the molecule is O=C(Cn1nc(-c2cccnc2)ccc1=O)Nc1cc(Cl)ccc1[N+](=O)[O-]. The van der Waals surface area contributed by atoms with Gasteiger partial charge in [-0.1, -0.05) is 11.6 Å². The van der Waals surface area contributed by atoms with Gasteiger partial charge >= 0.3 is 0 Å². The molecule has 0 fully saturated rings. The number of hydrogen-bond acceptors (Lipinski definition) is 6. The maximum atomic E-state index is 12.3. The molecule has 3 aromatic rings. The Labute approximate surface area is 157 Å². The standard InChI is InChI=1S/C17H12ClN5O4/c18-12-3-5-15(23(26)27)14(8-12)20-16(24)10-22-17(25)6-4-13(21-22)11-2-1-7-19-9-11/h1-9H,10H2,(H,20,24). The Hall–Kier alpha value is -3.59. The van der Waals surface area contributed by atoms with E-state index >= 15 is 0 Å². The molecule has 0 radical (unpaired) electrons. The molecule has 10 heteroatoms. The topological polar surface area (TPSA) is 120 Å². The number of nitrogens with zero attached hydrogens (tertiary/aromatic N) is 4. The smallest absolute Gasteiger partial charge is 0.292 e. The number of aromatic nitrogens is 3. The molecule has 0 aliphatic rings. The van der Waals surface area contributed by atoms with Crippen molar-refractivity contribution < 1.29 is 9.72 Å².